The van der Waals surface area contributed by atoms with E-state index >= 15 is 0 Å². The number of hydrogen-bond donors (Lipinski definition) is 1. The monoisotopic (exact) mass is 390 g/mol. The van der Waals surface area contributed by atoms with Gasteiger partial charge >= 0.3 is 0 Å². The molecule has 0 saturated carbocycles. The summed E-state index contributed by atoms with van der Waals surface area (Å²) >= 11 is 3.90. The van der Waals surface area contributed by atoms with Crippen LogP contribution in [0.4, 0.5) is 0 Å². The summed E-state index contributed by atoms with van der Waals surface area (Å²) in [6, 6.07) is 7.72. The van der Waals surface area contributed by atoms with Crippen LogP contribution in [0.25, 0.3) is 0 Å². The second-order valence-corrected chi connectivity index (χ2v) is 6.90. The molecule has 1 aromatic heterocycles. The van der Waals surface area contributed by atoms with E-state index in [1.165, 1.54) is 2.88 Å². The highest BCUT2D eigenvalue weighted by Gasteiger charge is 2.12. The highest BCUT2D eigenvalue weighted by Crippen LogP contribution is 2.30. The van der Waals surface area contributed by atoms with Gasteiger partial charge in [0.05, 0.1) is 23.2 Å². The maximum absolute atomic E-state index is 10.2. The van der Waals surface area contributed by atoms with Crippen LogP contribution < -0.4 is 9.47 Å². The summed E-state index contributed by atoms with van der Waals surface area (Å²) in [6.07, 6.45) is 0.0746. The lowest BCUT2D eigenvalue weighted by atomic mass is 10.0. The molecular formula is C14H15IO3S. The standard InChI is InChI=1S/C14H15IO3S/c1-17-12-4-3-9(6-13(12)18-2)5-11(16)10-7-14(15)19-8-10/h3-4,6-8,11,16H,5H2,1-2H3. The molecule has 2 rings (SSSR count). The molecule has 5 heteroatoms. The molecule has 2 aromatic rings. The van der Waals surface area contributed by atoms with E-state index in [-0.39, 0.29) is 0 Å². The van der Waals surface area contributed by atoms with Crippen molar-refractivity contribution in [3.8, 4) is 11.5 Å². The molecule has 1 atom stereocenters. The fourth-order valence-electron chi connectivity index (χ4n) is 1.85. The molecule has 3 nitrogen and oxygen atoms in total. The van der Waals surface area contributed by atoms with Crippen LogP contribution in [-0.2, 0) is 6.42 Å². The third-order valence-electron chi connectivity index (χ3n) is 2.85. The summed E-state index contributed by atoms with van der Waals surface area (Å²) in [5.41, 5.74) is 1.98. The quantitative estimate of drug-likeness (QED) is 0.793. The third-order valence-corrected chi connectivity index (χ3v) is 4.66. The van der Waals surface area contributed by atoms with Gasteiger partial charge in [-0.15, -0.1) is 11.3 Å². The Morgan fingerprint density at radius 3 is 2.53 bits per heavy atom. The lowest BCUT2D eigenvalue weighted by Crippen LogP contribution is -2.01. The number of rotatable bonds is 5. The Morgan fingerprint density at radius 1 is 1.21 bits per heavy atom. The van der Waals surface area contributed by atoms with Gasteiger partial charge in [0.25, 0.3) is 0 Å². The summed E-state index contributed by atoms with van der Waals surface area (Å²) in [7, 11) is 3.22. The average Bonchev–Trinajstić information content (AvgIpc) is 2.85. The normalized spacial score (nSPS) is 12.2. The van der Waals surface area contributed by atoms with Crippen molar-refractivity contribution < 1.29 is 14.6 Å². The fraction of sp³-hybridized carbons (Fsp3) is 0.286. The second kappa shape index (κ2) is 6.58. The molecule has 0 fully saturated rings. The van der Waals surface area contributed by atoms with Crippen LogP contribution in [0.1, 0.15) is 17.2 Å². The predicted molar refractivity (Wildman–Crippen MR) is 85.2 cm³/mol. The first-order chi connectivity index (χ1) is 9.13. The topological polar surface area (TPSA) is 38.7 Å². The molecule has 0 bridgehead atoms. The second-order valence-electron chi connectivity index (χ2n) is 4.09. The number of thiophene rings is 1. The number of methoxy groups -OCH3 is 2. The minimum atomic E-state index is -0.488. The predicted octanol–water partition coefficient (Wildman–Crippen LogP) is 3.65. The lowest BCUT2D eigenvalue weighted by Gasteiger charge is -2.12. The van der Waals surface area contributed by atoms with E-state index in [4.69, 9.17) is 9.47 Å². The molecule has 0 spiro atoms. The van der Waals surface area contributed by atoms with Crippen molar-refractivity contribution in [2.24, 2.45) is 0 Å². The molecule has 1 heterocycles. The zero-order valence-corrected chi connectivity index (χ0v) is 13.7. The Morgan fingerprint density at radius 2 is 1.95 bits per heavy atom. The molecule has 19 heavy (non-hydrogen) atoms. The number of aliphatic hydroxyl groups excluding tert-OH is 1. The first kappa shape index (κ1) is 14.6. The van der Waals surface area contributed by atoms with Gasteiger partial charge in [0, 0.05) is 6.42 Å². The van der Waals surface area contributed by atoms with E-state index in [1.54, 1.807) is 25.6 Å². The highest BCUT2D eigenvalue weighted by molar-refractivity contribution is 14.1. The van der Waals surface area contributed by atoms with Crippen LogP contribution in [0.3, 0.4) is 0 Å². The molecule has 0 radical (unpaired) electrons. The van der Waals surface area contributed by atoms with Gasteiger partial charge in [-0.3, -0.25) is 0 Å². The van der Waals surface area contributed by atoms with Crippen molar-refractivity contribution in [2.45, 2.75) is 12.5 Å². The van der Waals surface area contributed by atoms with Crippen molar-refractivity contribution in [3.63, 3.8) is 0 Å². The summed E-state index contributed by atoms with van der Waals surface area (Å²) in [6.45, 7) is 0. The van der Waals surface area contributed by atoms with Gasteiger partial charge < -0.3 is 14.6 Å². The van der Waals surface area contributed by atoms with Crippen molar-refractivity contribution in [1.29, 1.82) is 0 Å². The van der Waals surface area contributed by atoms with E-state index < -0.39 is 6.10 Å². The number of benzene rings is 1. The van der Waals surface area contributed by atoms with Crippen LogP contribution >= 0.6 is 33.9 Å². The van der Waals surface area contributed by atoms with Gasteiger partial charge in [-0.05, 0) is 57.3 Å². The zero-order chi connectivity index (χ0) is 13.8. The van der Waals surface area contributed by atoms with Crippen LogP contribution in [0.5, 0.6) is 11.5 Å². The Labute approximate surface area is 130 Å². The van der Waals surface area contributed by atoms with Gasteiger partial charge in [-0.1, -0.05) is 6.07 Å². The molecule has 1 unspecified atom stereocenters. The van der Waals surface area contributed by atoms with Crippen molar-refractivity contribution in [1.82, 2.24) is 0 Å². The number of halogens is 1. The van der Waals surface area contributed by atoms with Gasteiger partial charge in [0.2, 0.25) is 0 Å². The summed E-state index contributed by atoms with van der Waals surface area (Å²) in [5.74, 6) is 1.39. The minimum Gasteiger partial charge on any atom is -0.493 e. The molecule has 0 amide bonds. The van der Waals surface area contributed by atoms with Crippen LogP contribution in [-0.4, -0.2) is 19.3 Å². The van der Waals surface area contributed by atoms with Gasteiger partial charge in [0.1, 0.15) is 0 Å². The van der Waals surface area contributed by atoms with Crippen molar-refractivity contribution in [2.75, 3.05) is 14.2 Å². The summed E-state index contributed by atoms with van der Waals surface area (Å²) < 4.78 is 11.6. The van der Waals surface area contributed by atoms with Crippen LogP contribution in [0.15, 0.2) is 29.6 Å². The largest absolute Gasteiger partial charge is 0.493 e. The third kappa shape index (κ3) is 3.61. The molecule has 0 aliphatic carbocycles. The fourth-order valence-corrected chi connectivity index (χ4v) is 3.27. The van der Waals surface area contributed by atoms with E-state index in [0.717, 1.165) is 11.1 Å². The Hall–Kier alpha value is -0.790. The van der Waals surface area contributed by atoms with E-state index in [9.17, 15) is 5.11 Å². The van der Waals surface area contributed by atoms with Gasteiger partial charge in [0.15, 0.2) is 11.5 Å². The molecule has 0 saturated heterocycles. The molecule has 1 aromatic carbocycles. The molecular weight excluding hydrogens is 375 g/mol. The first-order valence-electron chi connectivity index (χ1n) is 5.77. The van der Waals surface area contributed by atoms with Crippen molar-refractivity contribution in [3.05, 3.63) is 43.7 Å². The molecule has 0 aliphatic heterocycles. The van der Waals surface area contributed by atoms with E-state index in [1.807, 2.05) is 29.6 Å². The van der Waals surface area contributed by atoms with E-state index in [0.29, 0.717) is 17.9 Å². The van der Waals surface area contributed by atoms with Crippen LogP contribution in [0.2, 0.25) is 0 Å². The summed E-state index contributed by atoms with van der Waals surface area (Å²) in [5, 5.41) is 12.2. The first-order valence-corrected chi connectivity index (χ1v) is 7.72. The molecule has 102 valence electrons. The maximum atomic E-state index is 10.2. The van der Waals surface area contributed by atoms with Gasteiger partial charge in [-0.2, -0.15) is 0 Å². The highest BCUT2D eigenvalue weighted by atomic mass is 127. The SMILES string of the molecule is COc1ccc(CC(O)c2csc(I)c2)cc1OC. The smallest absolute Gasteiger partial charge is 0.160 e. The minimum absolute atomic E-state index is 0.488. The van der Waals surface area contributed by atoms with Crippen molar-refractivity contribution >= 4 is 33.9 Å². The Bertz CT molecular complexity index is 553. The average molecular weight is 390 g/mol. The number of hydrogen-bond acceptors (Lipinski definition) is 4. The number of aliphatic hydroxyl groups is 1. The van der Waals surface area contributed by atoms with E-state index in [2.05, 4.69) is 22.6 Å². The van der Waals surface area contributed by atoms with Gasteiger partial charge in [-0.25, -0.2) is 0 Å². The Kier molecular flexibility index (Phi) is 5.06. The zero-order valence-electron chi connectivity index (χ0n) is 10.7. The van der Waals surface area contributed by atoms with Crippen LogP contribution in [0, 0.1) is 2.88 Å². The maximum Gasteiger partial charge on any atom is 0.160 e. The molecule has 0 aliphatic rings. The Balaban J connectivity index is 2.14. The lowest BCUT2D eigenvalue weighted by molar-refractivity contribution is 0.179. The molecule has 1 N–H and O–H groups in total. The summed E-state index contributed by atoms with van der Waals surface area (Å²) in [4.78, 5) is 0. The number of ether oxygens (including phenoxy) is 2.